The van der Waals surface area contributed by atoms with Gasteiger partial charge in [-0.1, -0.05) is 0 Å². The first kappa shape index (κ1) is 42.6. The van der Waals surface area contributed by atoms with Crippen molar-refractivity contribution in [2.45, 2.75) is 22.2 Å². The van der Waals surface area contributed by atoms with E-state index in [0.29, 0.717) is 0 Å². The molecule has 0 amide bonds. The summed E-state index contributed by atoms with van der Waals surface area (Å²) in [5, 5.41) is 140. The van der Waals surface area contributed by atoms with Crippen LogP contribution in [0.4, 0.5) is 0 Å². The third-order valence-electron chi connectivity index (χ3n) is 9.06. The lowest BCUT2D eigenvalue weighted by Crippen LogP contribution is -3.05. The average molecular weight is 845 g/mol. The number of hydrogen-bond donors (Lipinski definition) is 5. The summed E-state index contributed by atoms with van der Waals surface area (Å²) >= 11 is 0. The van der Waals surface area contributed by atoms with Gasteiger partial charge in [-0.05, 0) is 0 Å². The van der Waals surface area contributed by atoms with Crippen molar-refractivity contribution >= 4 is 6.15 Å². The van der Waals surface area contributed by atoms with Gasteiger partial charge in [0, 0.05) is 40.2 Å². The molecule has 4 heterocycles. The topological polar surface area (TPSA) is 615 Å². The predicted octanol–water partition coefficient (Wildman–Crippen LogP) is -5.62. The maximum absolute atomic E-state index is 13.9. The predicted molar refractivity (Wildman–Crippen MR) is 159 cm³/mol. The van der Waals surface area contributed by atoms with Crippen LogP contribution in [0, 0.1) is 121 Å². The van der Waals surface area contributed by atoms with Crippen LogP contribution in [0.2, 0.25) is 0 Å². The Bertz CT molecular complexity index is 1890. The molecule has 0 saturated heterocycles. The zero-order valence-electron chi connectivity index (χ0n) is 26.8. The van der Waals surface area contributed by atoms with E-state index in [0.717, 1.165) is 21.7 Å². The fourth-order valence-corrected chi connectivity index (χ4v) is 7.80. The molecule has 8 N–H and O–H groups in total. The van der Waals surface area contributed by atoms with Crippen molar-refractivity contribution in [2.24, 2.45) is 0 Å². The van der Waals surface area contributed by atoms with Crippen molar-refractivity contribution in [3.63, 3.8) is 0 Å². The van der Waals surface area contributed by atoms with Gasteiger partial charge in [0.2, 0.25) is 0 Å². The van der Waals surface area contributed by atoms with Crippen LogP contribution >= 0.6 is 0 Å². The lowest BCUT2D eigenvalue weighted by atomic mass is 9.00. The molecule has 4 rings (SSSR count). The Morgan fingerprint density at radius 2 is 0.517 bits per heavy atom. The highest BCUT2D eigenvalue weighted by molar-refractivity contribution is 6.91. The number of nitro groups is 12. The largest absolute Gasteiger partial charge is 0.524 e. The maximum atomic E-state index is 13.9. The smallest absolute Gasteiger partial charge is 0.369 e. The van der Waals surface area contributed by atoms with Crippen molar-refractivity contribution in [3.8, 4) is 0 Å². The minimum Gasteiger partial charge on any atom is -0.369 e. The molecule has 58 heavy (non-hydrogen) atoms. The van der Waals surface area contributed by atoms with Gasteiger partial charge in [-0.15, -0.1) is 0 Å². The summed E-state index contributed by atoms with van der Waals surface area (Å²) in [7, 11) is 0. The van der Waals surface area contributed by atoms with E-state index in [2.05, 4.69) is 0 Å². The van der Waals surface area contributed by atoms with E-state index in [4.69, 9.17) is 0 Å². The highest BCUT2D eigenvalue weighted by Crippen LogP contribution is 2.64. The minimum atomic E-state index is -8.40. The van der Waals surface area contributed by atoms with Crippen LogP contribution in [0.5, 0.6) is 0 Å². The zero-order valence-corrected chi connectivity index (χ0v) is 26.8. The van der Waals surface area contributed by atoms with Gasteiger partial charge in [0.1, 0.15) is 24.8 Å². The van der Waals surface area contributed by atoms with Gasteiger partial charge in [-0.25, -0.2) is 62.2 Å². The van der Waals surface area contributed by atoms with Crippen molar-refractivity contribution in [1.82, 2.24) is 48.3 Å². The Morgan fingerprint density at radius 3 is 0.621 bits per heavy atom. The summed E-state index contributed by atoms with van der Waals surface area (Å²) in [6.07, 6.45) is -11.5. The first-order chi connectivity index (χ1) is 26.3. The summed E-state index contributed by atoms with van der Waals surface area (Å²) in [6.45, 7) is 0. The molecule has 0 fully saturated rings. The number of rotatable bonds is 16. The molecule has 46 heteroatoms. The van der Waals surface area contributed by atoms with Crippen LogP contribution in [-0.4, -0.2) is 108 Å². The summed E-state index contributed by atoms with van der Waals surface area (Å²) < 4.78 is 0. The van der Waals surface area contributed by atoms with Crippen LogP contribution in [0.25, 0.3) is 0 Å². The fraction of sp³-hybridized carbons (Fsp3) is 0.333. The average Bonchev–Trinajstić information content (AvgIpc) is 3.86. The summed E-state index contributed by atoms with van der Waals surface area (Å²) in [4.78, 5) is 136. The van der Waals surface area contributed by atoms with Crippen LogP contribution in [-0.2, 0) is 0 Å². The second-order valence-corrected chi connectivity index (χ2v) is 10.7. The van der Waals surface area contributed by atoms with Crippen LogP contribution in [0.15, 0.2) is 47.6 Å². The number of hydrogen-bond acceptors (Lipinski definition) is 28. The number of hydrazine groups is 8. The summed E-state index contributed by atoms with van der Waals surface area (Å²) in [5.41, 5.74) is -34.3. The van der Waals surface area contributed by atoms with Gasteiger partial charge in [-0.3, -0.25) is 80.9 Å². The van der Waals surface area contributed by atoms with E-state index >= 15 is 0 Å². The highest BCUT2D eigenvalue weighted by Gasteiger charge is 3.17. The lowest BCUT2D eigenvalue weighted by Gasteiger charge is -2.52. The molecule has 4 aliphatic heterocycles. The van der Waals surface area contributed by atoms with Crippen LogP contribution in [0.3, 0.4) is 0 Å². The lowest BCUT2D eigenvalue weighted by molar-refractivity contribution is -0.799. The Balaban J connectivity index is 0.00000900. The van der Waals surface area contributed by atoms with E-state index < -0.39 is 156 Å². The fourth-order valence-electron chi connectivity index (χ4n) is 7.80. The molecule has 0 radical (unpaired) electrons. The first-order valence-corrected chi connectivity index (χ1v) is 13.2. The number of quaternary nitrogens is 1. The molecule has 4 aliphatic rings. The van der Waals surface area contributed by atoms with Gasteiger partial charge in [0.25, 0.3) is 0 Å². The SMILES string of the molecule is O=[N+]([O-])C1=CNN([N+](=O)[O-])C1([N+](=O)[O-])[B-](C1([N+](=O)[O-])C([N+](=O)[O-])=CNN1[N+](=O)[O-])(C1([N+](=O)[O-])C([N+](=O)[O-])=CNN1[N+](=O)[O-])C1([N+](=O)[O-])C([N+](=O)[O-])=CNN1[N+](=O)[O-].[NH4+]. The molecule has 0 aromatic rings. The van der Waals surface area contributed by atoms with Crippen LogP contribution in [0.1, 0.15) is 0 Å². The van der Waals surface area contributed by atoms with Gasteiger partial charge >= 0.3 is 51.2 Å². The third-order valence-corrected chi connectivity index (χ3v) is 9.06. The van der Waals surface area contributed by atoms with Crippen molar-refractivity contribution < 1.29 is 59.5 Å². The molecule has 0 aromatic heterocycles. The Hall–Kier alpha value is -9.82. The highest BCUT2D eigenvalue weighted by atomic mass is 16.7. The number of nitrogens with zero attached hydrogens (tertiary/aromatic N) is 16. The Kier molecular flexibility index (Phi) is 9.51. The van der Waals surface area contributed by atoms with E-state index in [1.807, 2.05) is 0 Å². The monoisotopic (exact) mass is 845 g/mol. The molecule has 0 bridgehead atoms. The molecule has 45 nitrogen and oxygen atoms in total. The molecular formula is C12H12BN21O24. The maximum Gasteiger partial charge on any atom is 0.524 e. The summed E-state index contributed by atoms with van der Waals surface area (Å²) in [5.74, 6) is 0. The van der Waals surface area contributed by atoms with Gasteiger partial charge in [0.05, 0.1) is 19.7 Å². The van der Waals surface area contributed by atoms with Crippen molar-refractivity contribution in [3.05, 3.63) is 169 Å². The van der Waals surface area contributed by atoms with E-state index in [9.17, 15) is 121 Å². The van der Waals surface area contributed by atoms with Crippen molar-refractivity contribution in [1.29, 1.82) is 0 Å². The second kappa shape index (κ2) is 12.9. The first-order valence-electron chi connectivity index (χ1n) is 13.2. The Labute approximate surface area is 306 Å². The van der Waals surface area contributed by atoms with E-state index in [-0.39, 0.29) is 6.15 Å². The van der Waals surface area contributed by atoms with Crippen LogP contribution < -0.4 is 27.9 Å². The molecule has 4 atom stereocenters. The Morgan fingerprint density at radius 1 is 0.362 bits per heavy atom. The molecule has 4 unspecified atom stereocenters. The molecule has 0 saturated carbocycles. The standard InChI is InChI=1S/C12H8BN20O24.H3N/c34-18(35)5-1-14-22(30(50)51)9(5,26(42)43)13(10(27(44)45)6(19(36)37)2-15-23(10)31(52)53,11(28(46)47)7(20(38)39)3-16-24(11)32(54)55)12(29(48)49)8(21(40)41)4-17-25(12)33(56)57;/h1-4,14-17H;1H3/q-1;/p+1. The summed E-state index contributed by atoms with van der Waals surface area (Å²) in [6, 6.07) is 0. The quantitative estimate of drug-likeness (QED) is 0.0549. The third kappa shape index (κ3) is 4.18. The molecule has 0 aliphatic carbocycles. The van der Waals surface area contributed by atoms with Gasteiger partial charge < -0.3 is 6.15 Å². The number of nitrogens with one attached hydrogen (secondary N) is 4. The minimum absolute atomic E-state index is 0. The molecular weight excluding hydrogens is 833 g/mol. The molecule has 0 spiro atoms. The second-order valence-electron chi connectivity index (χ2n) is 10.7. The van der Waals surface area contributed by atoms with E-state index in [1.165, 1.54) is 0 Å². The molecule has 0 aromatic carbocycles. The van der Waals surface area contributed by atoms with Gasteiger partial charge in [-0.2, -0.15) is 0 Å². The normalized spacial score (nSPS) is 26.6. The van der Waals surface area contributed by atoms with Crippen molar-refractivity contribution in [2.75, 3.05) is 0 Å². The van der Waals surface area contributed by atoms with E-state index in [1.54, 1.807) is 0 Å². The molecule has 312 valence electrons. The van der Waals surface area contributed by atoms with Gasteiger partial charge in [0.15, 0.2) is 20.1 Å². The zero-order chi connectivity index (χ0) is 43.7.